The Morgan fingerprint density at radius 2 is 1.75 bits per heavy atom. The second-order valence-corrected chi connectivity index (χ2v) is 3.69. The Bertz CT molecular complexity index is 637. The van der Waals surface area contributed by atoms with Gasteiger partial charge in [0.2, 0.25) is 0 Å². The summed E-state index contributed by atoms with van der Waals surface area (Å²) >= 11 is 0. The van der Waals surface area contributed by atoms with Crippen LogP contribution in [0.1, 0.15) is 5.56 Å². The van der Waals surface area contributed by atoms with Crippen LogP contribution in [0.4, 0.5) is 0 Å². The first kappa shape index (κ1) is 8.87. The van der Waals surface area contributed by atoms with Crippen molar-refractivity contribution in [2.45, 2.75) is 0 Å². The highest BCUT2D eigenvalue weighted by atomic mass is 14.7. The van der Waals surface area contributed by atoms with Crippen LogP contribution in [-0.2, 0) is 0 Å². The van der Waals surface area contributed by atoms with Gasteiger partial charge in [0, 0.05) is 11.8 Å². The van der Waals surface area contributed by atoms with Crippen LogP contribution >= 0.6 is 0 Å². The first-order valence-electron chi connectivity index (χ1n) is 5.06. The van der Waals surface area contributed by atoms with Crippen LogP contribution in [0.2, 0.25) is 0 Å². The van der Waals surface area contributed by atoms with Gasteiger partial charge < -0.3 is 0 Å². The van der Waals surface area contributed by atoms with Gasteiger partial charge in [0.25, 0.3) is 0 Å². The third-order valence-corrected chi connectivity index (χ3v) is 2.73. The predicted octanol–water partition coefficient (Wildman–Crippen LogP) is 3.16. The van der Waals surface area contributed by atoms with Crippen LogP contribution in [0.25, 0.3) is 22.4 Å². The molecule has 0 radical (unpaired) electrons. The number of hydrogen-bond donors (Lipinski definition) is 0. The van der Waals surface area contributed by atoms with E-state index in [0.29, 0.717) is 5.56 Å². The van der Waals surface area contributed by atoms with Crippen LogP contribution in [0.3, 0.4) is 0 Å². The van der Waals surface area contributed by atoms with Crippen LogP contribution in [0.15, 0.2) is 48.7 Å². The zero-order chi connectivity index (χ0) is 11.0. The minimum atomic E-state index is 0.622. The summed E-state index contributed by atoms with van der Waals surface area (Å²) < 4.78 is 0. The van der Waals surface area contributed by atoms with Gasteiger partial charge in [-0.1, -0.05) is 30.3 Å². The van der Waals surface area contributed by atoms with E-state index in [4.69, 9.17) is 5.26 Å². The molecule has 1 aliphatic heterocycles. The summed E-state index contributed by atoms with van der Waals surface area (Å²) in [7, 11) is 0. The number of nitrogens with zero attached hydrogens (tertiary/aromatic N) is 2. The molecule has 0 spiro atoms. The van der Waals surface area contributed by atoms with Gasteiger partial charge in [0.05, 0.1) is 11.3 Å². The number of fused-ring (bicyclic) bond motifs is 2. The van der Waals surface area contributed by atoms with Crippen molar-refractivity contribution in [3.05, 3.63) is 54.2 Å². The molecule has 0 aromatic carbocycles. The third-order valence-electron chi connectivity index (χ3n) is 2.73. The maximum absolute atomic E-state index is 9.15. The molecule has 3 aliphatic rings. The number of hydrogen-bond acceptors (Lipinski definition) is 2. The molecule has 2 nitrogen and oxygen atoms in total. The summed E-state index contributed by atoms with van der Waals surface area (Å²) in [6.07, 6.45) is 1.73. The summed E-state index contributed by atoms with van der Waals surface area (Å²) in [6, 6.07) is 16.1. The lowest BCUT2D eigenvalue weighted by Crippen LogP contribution is -1.83. The van der Waals surface area contributed by atoms with Crippen LogP contribution in [0.5, 0.6) is 0 Å². The second-order valence-electron chi connectivity index (χ2n) is 3.69. The Balaban J connectivity index is 2.42. The summed E-state index contributed by atoms with van der Waals surface area (Å²) in [5.41, 5.74) is 4.60. The Morgan fingerprint density at radius 3 is 2.62 bits per heavy atom. The maximum atomic E-state index is 9.15. The first-order chi connectivity index (χ1) is 7.88. The Kier molecular flexibility index (Phi) is 1.84. The van der Waals surface area contributed by atoms with Gasteiger partial charge in [-0.25, -0.2) is 0 Å². The minimum absolute atomic E-state index is 0.622. The third kappa shape index (κ3) is 1.23. The molecule has 0 fully saturated rings. The Labute approximate surface area is 93.5 Å². The SMILES string of the molecule is N#Cc1cc2cccc-2ccc2ccnc1-2. The van der Waals surface area contributed by atoms with E-state index in [0.717, 1.165) is 22.4 Å². The molecule has 0 unspecified atom stereocenters. The lowest BCUT2D eigenvalue weighted by Gasteiger charge is -2.00. The quantitative estimate of drug-likeness (QED) is 0.564. The normalized spacial score (nSPS) is 10.4. The van der Waals surface area contributed by atoms with E-state index in [-0.39, 0.29) is 0 Å². The van der Waals surface area contributed by atoms with Crippen LogP contribution in [-0.4, -0.2) is 4.98 Å². The highest BCUT2D eigenvalue weighted by Crippen LogP contribution is 2.28. The van der Waals surface area contributed by atoms with Crippen LogP contribution < -0.4 is 0 Å². The average Bonchev–Trinajstić information content (AvgIpc) is 2.88. The molecule has 16 heavy (non-hydrogen) atoms. The van der Waals surface area contributed by atoms with Gasteiger partial charge in [0.1, 0.15) is 6.07 Å². The molecule has 3 rings (SSSR count). The average molecular weight is 204 g/mol. The van der Waals surface area contributed by atoms with Crippen LogP contribution in [0, 0.1) is 11.3 Å². The molecule has 74 valence electrons. The molecule has 2 aliphatic carbocycles. The fourth-order valence-corrected chi connectivity index (χ4v) is 1.92. The number of aromatic nitrogens is 1. The van der Waals surface area contributed by atoms with Gasteiger partial charge in [-0.05, 0) is 23.3 Å². The van der Waals surface area contributed by atoms with E-state index in [2.05, 4.69) is 17.1 Å². The Morgan fingerprint density at radius 1 is 0.938 bits per heavy atom. The summed E-state index contributed by atoms with van der Waals surface area (Å²) in [4.78, 5) is 4.23. The maximum Gasteiger partial charge on any atom is 0.101 e. The van der Waals surface area contributed by atoms with E-state index in [1.165, 1.54) is 0 Å². The molecule has 0 bridgehead atoms. The monoisotopic (exact) mass is 204 g/mol. The molecule has 1 heterocycles. The second kappa shape index (κ2) is 3.32. The molecular weight excluding hydrogens is 196 g/mol. The van der Waals surface area contributed by atoms with Crippen molar-refractivity contribution in [3.63, 3.8) is 0 Å². The summed E-state index contributed by atoms with van der Waals surface area (Å²) in [5, 5.41) is 9.15. The smallest absolute Gasteiger partial charge is 0.101 e. The number of rotatable bonds is 0. The first-order valence-corrected chi connectivity index (χ1v) is 5.06. The number of nitriles is 1. The molecule has 0 saturated heterocycles. The lowest BCUT2D eigenvalue weighted by molar-refractivity contribution is 1.38. The van der Waals surface area contributed by atoms with E-state index in [1.807, 2.05) is 36.4 Å². The van der Waals surface area contributed by atoms with Crippen molar-refractivity contribution in [3.8, 4) is 28.5 Å². The predicted molar refractivity (Wildman–Crippen MR) is 62.2 cm³/mol. The van der Waals surface area contributed by atoms with E-state index < -0.39 is 0 Å². The summed E-state index contributed by atoms with van der Waals surface area (Å²) in [5.74, 6) is 0. The lowest BCUT2D eigenvalue weighted by atomic mass is 10.0. The van der Waals surface area contributed by atoms with Gasteiger partial charge in [-0.15, -0.1) is 0 Å². The fraction of sp³-hybridized carbons (Fsp3) is 0. The van der Waals surface area contributed by atoms with Crippen molar-refractivity contribution >= 4 is 0 Å². The van der Waals surface area contributed by atoms with Gasteiger partial charge >= 0.3 is 0 Å². The van der Waals surface area contributed by atoms with Crippen molar-refractivity contribution in [2.24, 2.45) is 0 Å². The van der Waals surface area contributed by atoms with E-state index >= 15 is 0 Å². The van der Waals surface area contributed by atoms with Crippen molar-refractivity contribution in [1.29, 1.82) is 5.26 Å². The fourth-order valence-electron chi connectivity index (χ4n) is 1.92. The van der Waals surface area contributed by atoms with Gasteiger partial charge in [0.15, 0.2) is 0 Å². The Hall–Kier alpha value is -2.40. The highest BCUT2D eigenvalue weighted by Gasteiger charge is 2.09. The largest absolute Gasteiger partial charge is 0.255 e. The van der Waals surface area contributed by atoms with Gasteiger partial charge in [-0.2, -0.15) is 5.26 Å². The van der Waals surface area contributed by atoms with E-state index in [1.54, 1.807) is 6.20 Å². The van der Waals surface area contributed by atoms with Crippen molar-refractivity contribution in [2.75, 3.05) is 0 Å². The highest BCUT2D eigenvalue weighted by molar-refractivity contribution is 5.74. The molecule has 0 saturated carbocycles. The molecule has 0 N–H and O–H groups in total. The summed E-state index contributed by atoms with van der Waals surface area (Å²) in [6.45, 7) is 0. The molecule has 2 heteroatoms. The van der Waals surface area contributed by atoms with E-state index in [9.17, 15) is 0 Å². The minimum Gasteiger partial charge on any atom is -0.255 e. The molecule has 0 amide bonds. The molecular formula is C14H8N2. The standard InChI is InChI=1S/C14H8N2/c15-9-13-8-12-3-1-2-10(12)4-5-11-6-7-16-14(11)13/h1-8H. The molecule has 0 aromatic heterocycles. The topological polar surface area (TPSA) is 36.7 Å². The molecule has 0 aromatic rings. The zero-order valence-electron chi connectivity index (χ0n) is 8.51. The van der Waals surface area contributed by atoms with Crippen molar-refractivity contribution < 1.29 is 0 Å². The van der Waals surface area contributed by atoms with Gasteiger partial charge in [-0.3, -0.25) is 4.98 Å². The molecule has 0 atom stereocenters. The zero-order valence-corrected chi connectivity index (χ0v) is 8.51. The van der Waals surface area contributed by atoms with Crippen molar-refractivity contribution in [1.82, 2.24) is 4.98 Å².